The van der Waals surface area contributed by atoms with Gasteiger partial charge in [-0.1, -0.05) is 13.3 Å². The smallest absolute Gasteiger partial charge is 0.238 e. The van der Waals surface area contributed by atoms with Crippen molar-refractivity contribution in [2.24, 2.45) is 0 Å². The molecule has 0 bridgehead atoms. The van der Waals surface area contributed by atoms with Crippen molar-refractivity contribution in [2.45, 2.75) is 44.3 Å². The highest BCUT2D eigenvalue weighted by Gasteiger charge is 2.40. The van der Waals surface area contributed by atoms with Gasteiger partial charge in [-0.25, -0.2) is 4.98 Å². The predicted molar refractivity (Wildman–Crippen MR) is 66.4 cm³/mol. The molecule has 1 aliphatic heterocycles. The Bertz CT molecular complexity index is 398. The molecule has 2 unspecified atom stereocenters. The second-order valence-corrected chi connectivity index (χ2v) is 4.68. The minimum Gasteiger partial charge on any atom is -0.480 e. The largest absolute Gasteiger partial charge is 0.480 e. The minimum atomic E-state index is -0.988. The molecule has 2 heterocycles. The van der Waals surface area contributed by atoms with Gasteiger partial charge in [0.05, 0.1) is 19.8 Å². The molecule has 1 aromatic rings. The predicted octanol–water partition coefficient (Wildman–Crippen LogP) is 1.65. The number of hydrogen-bond acceptors (Lipinski definition) is 5. The zero-order valence-corrected chi connectivity index (χ0v) is 10.9. The third-order valence-electron chi connectivity index (χ3n) is 3.34. The molecular formula is C13H20N2O3. The van der Waals surface area contributed by atoms with Crippen molar-refractivity contribution in [2.75, 3.05) is 13.7 Å². The first-order valence-corrected chi connectivity index (χ1v) is 6.39. The molecule has 1 fully saturated rings. The summed E-state index contributed by atoms with van der Waals surface area (Å²) in [6.45, 7) is 2.65. The van der Waals surface area contributed by atoms with Crippen molar-refractivity contribution in [3.8, 4) is 5.88 Å². The molecule has 1 N–H and O–H groups in total. The van der Waals surface area contributed by atoms with Crippen molar-refractivity contribution < 1.29 is 14.6 Å². The number of aliphatic hydroxyl groups is 1. The van der Waals surface area contributed by atoms with Crippen molar-refractivity contribution in [3.05, 3.63) is 18.1 Å². The third kappa shape index (κ3) is 2.62. The van der Waals surface area contributed by atoms with Gasteiger partial charge in [0.1, 0.15) is 11.3 Å². The number of nitrogens with zero attached hydrogens (tertiary/aromatic N) is 2. The maximum absolute atomic E-state index is 10.8. The molecule has 0 radical (unpaired) electrons. The SMILES string of the molecule is CCCC1CC(O)(c2nccnc2OC)CCO1. The van der Waals surface area contributed by atoms with Crippen LogP contribution < -0.4 is 4.74 Å². The molecule has 5 nitrogen and oxygen atoms in total. The number of ether oxygens (including phenoxy) is 2. The number of methoxy groups -OCH3 is 1. The molecule has 1 aliphatic rings. The van der Waals surface area contributed by atoms with Crippen LogP contribution in [0.1, 0.15) is 38.3 Å². The summed E-state index contributed by atoms with van der Waals surface area (Å²) in [5.74, 6) is 0.400. The fourth-order valence-electron chi connectivity index (χ4n) is 2.45. The topological polar surface area (TPSA) is 64.5 Å². The standard InChI is InChI=1S/C13H20N2O3/c1-3-4-10-9-13(16,5-8-18-10)11-12(17-2)15-7-6-14-11/h6-7,10,16H,3-5,8-9H2,1-2H3. The first kappa shape index (κ1) is 13.2. The molecular weight excluding hydrogens is 232 g/mol. The Morgan fingerprint density at radius 1 is 1.50 bits per heavy atom. The van der Waals surface area contributed by atoms with E-state index in [0.717, 1.165) is 12.8 Å². The fourth-order valence-corrected chi connectivity index (χ4v) is 2.45. The number of rotatable bonds is 4. The lowest BCUT2D eigenvalue weighted by atomic mass is 9.86. The second-order valence-electron chi connectivity index (χ2n) is 4.68. The lowest BCUT2D eigenvalue weighted by Crippen LogP contribution is -2.39. The summed E-state index contributed by atoms with van der Waals surface area (Å²) in [6, 6.07) is 0. The summed E-state index contributed by atoms with van der Waals surface area (Å²) in [5, 5.41) is 10.8. The Kier molecular flexibility index (Phi) is 4.14. The third-order valence-corrected chi connectivity index (χ3v) is 3.34. The van der Waals surface area contributed by atoms with Gasteiger partial charge in [-0.2, -0.15) is 0 Å². The maximum Gasteiger partial charge on any atom is 0.238 e. The zero-order valence-electron chi connectivity index (χ0n) is 10.9. The van der Waals surface area contributed by atoms with E-state index < -0.39 is 5.60 Å². The second kappa shape index (κ2) is 5.63. The van der Waals surface area contributed by atoms with Crippen LogP contribution in [0.2, 0.25) is 0 Å². The molecule has 0 aromatic carbocycles. The van der Waals surface area contributed by atoms with Crippen molar-refractivity contribution >= 4 is 0 Å². The Morgan fingerprint density at radius 2 is 2.28 bits per heavy atom. The molecule has 1 saturated heterocycles. The Balaban J connectivity index is 2.23. The molecule has 0 aliphatic carbocycles. The first-order chi connectivity index (χ1) is 8.69. The molecule has 0 amide bonds. The highest BCUT2D eigenvalue weighted by molar-refractivity contribution is 5.25. The van der Waals surface area contributed by atoms with Gasteiger partial charge in [0.2, 0.25) is 5.88 Å². The van der Waals surface area contributed by atoms with Crippen LogP contribution in [0.5, 0.6) is 5.88 Å². The summed E-state index contributed by atoms with van der Waals surface area (Å²) in [4.78, 5) is 8.35. The Labute approximate surface area is 107 Å². The van der Waals surface area contributed by atoms with E-state index in [-0.39, 0.29) is 6.10 Å². The van der Waals surface area contributed by atoms with E-state index in [2.05, 4.69) is 16.9 Å². The molecule has 1 aromatic heterocycles. The lowest BCUT2D eigenvalue weighted by Gasteiger charge is -2.36. The van der Waals surface area contributed by atoms with Crippen molar-refractivity contribution in [1.29, 1.82) is 0 Å². The molecule has 5 heteroatoms. The Morgan fingerprint density at radius 3 is 3.00 bits per heavy atom. The van der Waals surface area contributed by atoms with Crippen LogP contribution in [-0.4, -0.2) is 34.9 Å². The van der Waals surface area contributed by atoms with Gasteiger partial charge in [0, 0.05) is 25.2 Å². The zero-order chi connectivity index (χ0) is 13.0. The average Bonchev–Trinajstić information content (AvgIpc) is 2.39. The van der Waals surface area contributed by atoms with Crippen LogP contribution in [0, 0.1) is 0 Å². The highest BCUT2D eigenvalue weighted by atomic mass is 16.5. The van der Waals surface area contributed by atoms with Crippen LogP contribution >= 0.6 is 0 Å². The number of aromatic nitrogens is 2. The molecule has 0 saturated carbocycles. The van der Waals surface area contributed by atoms with Crippen LogP contribution in [0.4, 0.5) is 0 Å². The fraction of sp³-hybridized carbons (Fsp3) is 0.692. The molecule has 100 valence electrons. The normalized spacial score (nSPS) is 28.1. The van der Waals surface area contributed by atoms with Gasteiger partial charge in [-0.3, -0.25) is 4.98 Å². The van der Waals surface area contributed by atoms with Crippen LogP contribution in [-0.2, 0) is 10.3 Å². The van der Waals surface area contributed by atoms with Gasteiger partial charge in [-0.05, 0) is 6.42 Å². The highest BCUT2D eigenvalue weighted by Crippen LogP contribution is 2.37. The van der Waals surface area contributed by atoms with Crippen LogP contribution in [0.25, 0.3) is 0 Å². The summed E-state index contributed by atoms with van der Waals surface area (Å²) >= 11 is 0. The summed E-state index contributed by atoms with van der Waals surface area (Å²) in [7, 11) is 1.54. The monoisotopic (exact) mass is 252 g/mol. The van der Waals surface area contributed by atoms with Gasteiger partial charge in [-0.15, -0.1) is 0 Å². The maximum atomic E-state index is 10.8. The van der Waals surface area contributed by atoms with E-state index in [1.165, 1.54) is 0 Å². The van der Waals surface area contributed by atoms with E-state index in [1.807, 2.05) is 0 Å². The van der Waals surface area contributed by atoms with Gasteiger partial charge in [0.15, 0.2) is 0 Å². The van der Waals surface area contributed by atoms with E-state index in [1.54, 1.807) is 19.5 Å². The van der Waals surface area contributed by atoms with Crippen molar-refractivity contribution in [3.63, 3.8) is 0 Å². The average molecular weight is 252 g/mol. The molecule has 18 heavy (non-hydrogen) atoms. The number of hydrogen-bond donors (Lipinski definition) is 1. The summed E-state index contributed by atoms with van der Waals surface area (Å²) in [6.07, 6.45) is 6.30. The Hall–Kier alpha value is -1.20. The quantitative estimate of drug-likeness (QED) is 0.882. The van der Waals surface area contributed by atoms with Gasteiger partial charge >= 0.3 is 0 Å². The van der Waals surface area contributed by atoms with E-state index in [0.29, 0.717) is 31.0 Å². The van der Waals surface area contributed by atoms with Gasteiger partial charge in [0.25, 0.3) is 0 Å². The van der Waals surface area contributed by atoms with Crippen LogP contribution in [0.3, 0.4) is 0 Å². The van der Waals surface area contributed by atoms with Gasteiger partial charge < -0.3 is 14.6 Å². The molecule has 2 atom stereocenters. The van der Waals surface area contributed by atoms with Crippen molar-refractivity contribution in [1.82, 2.24) is 9.97 Å². The summed E-state index contributed by atoms with van der Waals surface area (Å²) in [5.41, 5.74) is -0.463. The van der Waals surface area contributed by atoms with Crippen LogP contribution in [0.15, 0.2) is 12.4 Å². The van der Waals surface area contributed by atoms with E-state index in [9.17, 15) is 5.11 Å². The molecule has 2 rings (SSSR count). The van der Waals surface area contributed by atoms with E-state index >= 15 is 0 Å². The van der Waals surface area contributed by atoms with E-state index in [4.69, 9.17) is 9.47 Å². The first-order valence-electron chi connectivity index (χ1n) is 6.39. The molecule has 0 spiro atoms. The summed E-state index contributed by atoms with van der Waals surface area (Å²) < 4.78 is 10.8. The minimum absolute atomic E-state index is 0.0838. The lowest BCUT2D eigenvalue weighted by molar-refractivity contribution is -0.113.